The van der Waals surface area contributed by atoms with Crippen molar-refractivity contribution in [2.45, 2.75) is 5.75 Å². The van der Waals surface area contributed by atoms with Crippen LogP contribution in [-0.4, -0.2) is 51.2 Å². The van der Waals surface area contributed by atoms with Gasteiger partial charge in [0.05, 0.1) is 13.3 Å². The lowest BCUT2D eigenvalue weighted by Gasteiger charge is -2.35. The average molecular weight is 337 g/mol. The second kappa shape index (κ2) is 6.59. The Bertz CT molecular complexity index is 738. The fourth-order valence-electron chi connectivity index (χ4n) is 2.62. The second-order valence-corrected chi connectivity index (χ2v) is 7.29. The van der Waals surface area contributed by atoms with Crippen LogP contribution in [0.4, 0.5) is 5.69 Å². The fourth-order valence-corrected chi connectivity index (χ4v) is 4.03. The Hall–Kier alpha value is -2.06. The topological polar surface area (TPSA) is 75.9 Å². The van der Waals surface area contributed by atoms with Crippen molar-refractivity contribution in [3.05, 3.63) is 42.3 Å². The summed E-state index contributed by atoms with van der Waals surface area (Å²) in [5.74, 6) is 1.01. The summed E-state index contributed by atoms with van der Waals surface area (Å²) in [6.07, 6.45) is 1.45. The summed E-state index contributed by atoms with van der Waals surface area (Å²) in [5.41, 5.74) is 1.04. The highest BCUT2D eigenvalue weighted by molar-refractivity contribution is 7.88. The number of sulfonamides is 1. The molecule has 0 unspecified atom stereocenters. The van der Waals surface area contributed by atoms with Crippen LogP contribution in [0.5, 0.6) is 5.75 Å². The van der Waals surface area contributed by atoms with Crippen molar-refractivity contribution in [2.24, 2.45) is 0 Å². The van der Waals surface area contributed by atoms with Gasteiger partial charge in [-0.25, -0.2) is 8.42 Å². The van der Waals surface area contributed by atoms with Crippen LogP contribution in [-0.2, 0) is 15.8 Å². The molecule has 2 heterocycles. The van der Waals surface area contributed by atoms with Gasteiger partial charge in [-0.05, 0) is 12.1 Å². The van der Waals surface area contributed by atoms with Crippen LogP contribution >= 0.6 is 0 Å². The van der Waals surface area contributed by atoms with E-state index in [1.54, 1.807) is 13.2 Å². The summed E-state index contributed by atoms with van der Waals surface area (Å²) in [6.45, 7) is 2.19. The van der Waals surface area contributed by atoms with Gasteiger partial charge in [0.25, 0.3) is 0 Å². The highest BCUT2D eigenvalue weighted by Crippen LogP contribution is 2.23. The minimum Gasteiger partial charge on any atom is -0.497 e. The zero-order valence-electron chi connectivity index (χ0n) is 12.9. The van der Waals surface area contributed by atoms with Gasteiger partial charge >= 0.3 is 0 Å². The van der Waals surface area contributed by atoms with Crippen molar-refractivity contribution >= 4 is 15.7 Å². The number of hydrogen-bond acceptors (Lipinski definition) is 6. The number of nitrogens with zero attached hydrogens (tertiary/aromatic N) is 3. The summed E-state index contributed by atoms with van der Waals surface area (Å²) in [7, 11) is -1.74. The van der Waals surface area contributed by atoms with E-state index in [0.29, 0.717) is 31.9 Å². The Morgan fingerprint density at radius 1 is 1.22 bits per heavy atom. The average Bonchev–Trinajstić information content (AvgIpc) is 3.07. The minimum atomic E-state index is -3.38. The van der Waals surface area contributed by atoms with E-state index in [-0.39, 0.29) is 5.75 Å². The molecule has 3 rings (SSSR count). The fraction of sp³-hybridized carbons (Fsp3) is 0.400. The van der Waals surface area contributed by atoms with Crippen LogP contribution in [0.2, 0.25) is 0 Å². The Morgan fingerprint density at radius 2 is 2.00 bits per heavy atom. The highest BCUT2D eigenvalue weighted by atomic mass is 32.2. The molecule has 1 aromatic carbocycles. The molecule has 0 spiro atoms. The van der Waals surface area contributed by atoms with E-state index in [0.717, 1.165) is 11.4 Å². The zero-order chi connectivity index (χ0) is 16.3. The standard InChI is InChI=1S/C15H19N3O4S/c1-21-14-4-2-3-13(11-14)17-7-9-18(10-8-17)23(19,20)12-15-5-6-16-22-15/h2-6,11H,7-10,12H2,1H3. The third-order valence-electron chi connectivity index (χ3n) is 3.87. The van der Waals surface area contributed by atoms with E-state index in [2.05, 4.69) is 10.1 Å². The van der Waals surface area contributed by atoms with Gasteiger partial charge in [0, 0.05) is 44.0 Å². The van der Waals surface area contributed by atoms with Crippen molar-refractivity contribution in [2.75, 3.05) is 38.2 Å². The predicted molar refractivity (Wildman–Crippen MR) is 85.9 cm³/mol. The maximum atomic E-state index is 12.4. The molecular weight excluding hydrogens is 318 g/mol. The molecule has 0 amide bonds. The number of benzene rings is 1. The molecule has 2 aromatic rings. The van der Waals surface area contributed by atoms with Crippen molar-refractivity contribution in [1.29, 1.82) is 0 Å². The lowest BCUT2D eigenvalue weighted by Crippen LogP contribution is -2.49. The van der Waals surface area contributed by atoms with Crippen molar-refractivity contribution in [3.63, 3.8) is 0 Å². The first-order valence-electron chi connectivity index (χ1n) is 7.35. The van der Waals surface area contributed by atoms with Gasteiger partial charge < -0.3 is 14.2 Å². The normalized spacial score (nSPS) is 16.5. The Labute approximate surface area is 135 Å². The molecule has 0 radical (unpaired) electrons. The highest BCUT2D eigenvalue weighted by Gasteiger charge is 2.28. The monoisotopic (exact) mass is 337 g/mol. The molecule has 1 aliphatic rings. The predicted octanol–water partition coefficient (Wildman–Crippen LogP) is 1.34. The number of piperazine rings is 1. The molecule has 0 atom stereocenters. The molecule has 1 aromatic heterocycles. The molecule has 8 heteroatoms. The van der Waals surface area contributed by atoms with Crippen LogP contribution < -0.4 is 9.64 Å². The molecule has 124 valence electrons. The maximum absolute atomic E-state index is 12.4. The Morgan fingerprint density at radius 3 is 2.65 bits per heavy atom. The first-order chi connectivity index (χ1) is 11.1. The summed E-state index contributed by atoms with van der Waals surface area (Å²) < 4.78 is 36.4. The van der Waals surface area contributed by atoms with Gasteiger partial charge in [0.1, 0.15) is 11.5 Å². The van der Waals surface area contributed by atoms with Crippen molar-refractivity contribution < 1.29 is 17.7 Å². The number of rotatable bonds is 5. The largest absolute Gasteiger partial charge is 0.497 e. The number of aromatic nitrogens is 1. The minimum absolute atomic E-state index is 0.147. The van der Waals surface area contributed by atoms with Crippen LogP contribution in [0.25, 0.3) is 0 Å². The lowest BCUT2D eigenvalue weighted by molar-refractivity contribution is 0.369. The first-order valence-corrected chi connectivity index (χ1v) is 8.96. The van der Waals surface area contributed by atoms with Gasteiger partial charge in [-0.1, -0.05) is 11.2 Å². The smallest absolute Gasteiger partial charge is 0.221 e. The van der Waals surface area contributed by atoms with E-state index in [9.17, 15) is 8.42 Å². The molecule has 0 saturated carbocycles. The molecule has 7 nitrogen and oxygen atoms in total. The summed E-state index contributed by atoms with van der Waals surface area (Å²) in [6, 6.07) is 9.35. The first kappa shape index (κ1) is 15.8. The van der Waals surface area contributed by atoms with E-state index in [4.69, 9.17) is 9.26 Å². The molecule has 1 saturated heterocycles. The third kappa shape index (κ3) is 3.65. The number of anilines is 1. The van der Waals surface area contributed by atoms with Crippen molar-refractivity contribution in [1.82, 2.24) is 9.46 Å². The van der Waals surface area contributed by atoms with Crippen LogP contribution in [0.15, 0.2) is 41.1 Å². The molecular formula is C15H19N3O4S. The van der Waals surface area contributed by atoms with Gasteiger partial charge in [-0.3, -0.25) is 0 Å². The van der Waals surface area contributed by atoms with E-state index >= 15 is 0 Å². The van der Waals surface area contributed by atoms with E-state index in [1.807, 2.05) is 24.3 Å². The molecule has 1 aliphatic heterocycles. The number of hydrogen-bond donors (Lipinski definition) is 0. The SMILES string of the molecule is COc1cccc(N2CCN(S(=O)(=O)Cc3ccno3)CC2)c1. The number of ether oxygens (including phenoxy) is 1. The third-order valence-corrected chi connectivity index (χ3v) is 5.67. The van der Waals surface area contributed by atoms with Crippen molar-refractivity contribution in [3.8, 4) is 5.75 Å². The number of methoxy groups -OCH3 is 1. The Balaban J connectivity index is 1.63. The van der Waals surface area contributed by atoms with Gasteiger partial charge in [0.2, 0.25) is 10.0 Å². The van der Waals surface area contributed by atoms with Gasteiger partial charge in [-0.15, -0.1) is 0 Å². The van der Waals surface area contributed by atoms with Crippen LogP contribution in [0.3, 0.4) is 0 Å². The molecule has 0 aliphatic carbocycles. The quantitative estimate of drug-likeness (QED) is 0.819. The second-order valence-electron chi connectivity index (χ2n) is 5.32. The zero-order valence-corrected chi connectivity index (χ0v) is 13.7. The van der Waals surface area contributed by atoms with E-state index < -0.39 is 10.0 Å². The maximum Gasteiger partial charge on any atom is 0.221 e. The summed E-state index contributed by atoms with van der Waals surface area (Å²) in [4.78, 5) is 2.16. The Kier molecular flexibility index (Phi) is 4.53. The van der Waals surface area contributed by atoms with Crippen LogP contribution in [0, 0.1) is 0 Å². The van der Waals surface area contributed by atoms with Gasteiger partial charge in [0.15, 0.2) is 5.76 Å². The lowest BCUT2D eigenvalue weighted by atomic mass is 10.2. The summed E-state index contributed by atoms with van der Waals surface area (Å²) in [5, 5.41) is 3.54. The molecule has 0 N–H and O–H groups in total. The van der Waals surface area contributed by atoms with Crippen LogP contribution in [0.1, 0.15) is 5.76 Å². The molecule has 0 bridgehead atoms. The molecule has 1 fully saturated rings. The summed E-state index contributed by atoms with van der Waals surface area (Å²) >= 11 is 0. The van der Waals surface area contributed by atoms with Gasteiger partial charge in [-0.2, -0.15) is 4.31 Å². The molecule has 23 heavy (non-hydrogen) atoms. The van der Waals surface area contributed by atoms with E-state index in [1.165, 1.54) is 10.5 Å².